The SMILES string of the molecule is CCCCCCCCCCNCCCCC(N)=O. The second-order valence-corrected chi connectivity index (χ2v) is 5.15. The van der Waals surface area contributed by atoms with Crippen LogP contribution in [0.1, 0.15) is 77.6 Å². The maximum Gasteiger partial charge on any atom is 0.217 e. The highest BCUT2D eigenvalue weighted by molar-refractivity contribution is 5.73. The molecule has 0 unspecified atom stereocenters. The van der Waals surface area contributed by atoms with E-state index < -0.39 is 0 Å². The van der Waals surface area contributed by atoms with Crippen molar-refractivity contribution >= 4 is 5.91 Å². The van der Waals surface area contributed by atoms with Gasteiger partial charge in [-0.15, -0.1) is 0 Å². The molecule has 0 aliphatic carbocycles. The van der Waals surface area contributed by atoms with E-state index in [1.807, 2.05) is 0 Å². The fourth-order valence-electron chi connectivity index (χ4n) is 2.06. The molecule has 0 rings (SSSR count). The third-order valence-corrected chi connectivity index (χ3v) is 3.23. The van der Waals surface area contributed by atoms with E-state index in [0.29, 0.717) is 6.42 Å². The summed E-state index contributed by atoms with van der Waals surface area (Å²) in [4.78, 5) is 10.5. The molecule has 0 radical (unpaired) electrons. The van der Waals surface area contributed by atoms with Gasteiger partial charge < -0.3 is 11.1 Å². The van der Waals surface area contributed by atoms with Crippen molar-refractivity contribution in [1.82, 2.24) is 5.32 Å². The molecule has 3 N–H and O–H groups in total. The maximum atomic E-state index is 10.5. The Bertz CT molecular complexity index is 183. The summed E-state index contributed by atoms with van der Waals surface area (Å²) in [6, 6.07) is 0. The van der Waals surface area contributed by atoms with Gasteiger partial charge in [0.25, 0.3) is 0 Å². The number of rotatable bonds is 14. The molecule has 3 nitrogen and oxygen atoms in total. The first-order valence-electron chi connectivity index (χ1n) is 7.76. The van der Waals surface area contributed by atoms with Crippen LogP contribution >= 0.6 is 0 Å². The summed E-state index contributed by atoms with van der Waals surface area (Å²) in [5.74, 6) is -0.182. The molecular weight excluding hydrogens is 224 g/mol. The smallest absolute Gasteiger partial charge is 0.217 e. The Morgan fingerprint density at radius 3 is 1.89 bits per heavy atom. The zero-order valence-corrected chi connectivity index (χ0v) is 12.2. The molecule has 3 heteroatoms. The van der Waals surface area contributed by atoms with E-state index in [1.165, 1.54) is 51.4 Å². The topological polar surface area (TPSA) is 55.1 Å². The molecule has 0 saturated carbocycles. The minimum Gasteiger partial charge on any atom is -0.370 e. The standard InChI is InChI=1S/C15H32N2O/c1-2-3-4-5-6-7-8-10-13-17-14-11-9-12-15(16)18/h17H,2-14H2,1H3,(H2,16,18). The molecule has 0 saturated heterocycles. The average Bonchev–Trinajstić information content (AvgIpc) is 2.34. The van der Waals surface area contributed by atoms with Crippen LogP contribution in [-0.4, -0.2) is 19.0 Å². The van der Waals surface area contributed by atoms with Crippen molar-refractivity contribution in [2.75, 3.05) is 13.1 Å². The average molecular weight is 256 g/mol. The number of hydrogen-bond acceptors (Lipinski definition) is 2. The summed E-state index contributed by atoms with van der Waals surface area (Å²) in [5, 5.41) is 3.42. The second kappa shape index (κ2) is 14.5. The van der Waals surface area contributed by atoms with E-state index in [0.717, 1.165) is 25.9 Å². The first kappa shape index (κ1) is 17.4. The third-order valence-electron chi connectivity index (χ3n) is 3.23. The minimum atomic E-state index is -0.182. The lowest BCUT2D eigenvalue weighted by Crippen LogP contribution is -2.17. The predicted molar refractivity (Wildman–Crippen MR) is 78.5 cm³/mol. The number of carbonyl (C=O) groups excluding carboxylic acids is 1. The van der Waals surface area contributed by atoms with E-state index in [2.05, 4.69) is 12.2 Å². The minimum absolute atomic E-state index is 0.182. The van der Waals surface area contributed by atoms with Gasteiger partial charge in [-0.2, -0.15) is 0 Å². The zero-order chi connectivity index (χ0) is 13.5. The summed E-state index contributed by atoms with van der Waals surface area (Å²) >= 11 is 0. The normalized spacial score (nSPS) is 10.7. The van der Waals surface area contributed by atoms with Crippen LogP contribution in [0.25, 0.3) is 0 Å². The Labute approximate surface area is 113 Å². The molecule has 0 aromatic heterocycles. The fraction of sp³-hybridized carbons (Fsp3) is 0.933. The van der Waals surface area contributed by atoms with Crippen LogP contribution in [0.2, 0.25) is 0 Å². The Morgan fingerprint density at radius 2 is 1.33 bits per heavy atom. The van der Waals surface area contributed by atoms with Gasteiger partial charge in [-0.25, -0.2) is 0 Å². The number of hydrogen-bond donors (Lipinski definition) is 2. The summed E-state index contributed by atoms with van der Waals surface area (Å²) in [6.45, 7) is 4.39. The maximum absolute atomic E-state index is 10.5. The quantitative estimate of drug-likeness (QED) is 0.468. The Kier molecular flexibility index (Phi) is 14.0. The summed E-state index contributed by atoms with van der Waals surface area (Å²) in [6.07, 6.45) is 13.5. The van der Waals surface area contributed by atoms with Crippen molar-refractivity contribution in [3.8, 4) is 0 Å². The molecule has 0 fully saturated rings. The lowest BCUT2D eigenvalue weighted by molar-refractivity contribution is -0.118. The predicted octanol–water partition coefficient (Wildman–Crippen LogP) is 3.37. The Morgan fingerprint density at radius 1 is 0.833 bits per heavy atom. The van der Waals surface area contributed by atoms with Crippen LogP contribution in [-0.2, 0) is 4.79 Å². The van der Waals surface area contributed by atoms with Crippen molar-refractivity contribution in [3.05, 3.63) is 0 Å². The van der Waals surface area contributed by atoms with E-state index >= 15 is 0 Å². The van der Waals surface area contributed by atoms with Gasteiger partial charge in [0.2, 0.25) is 5.91 Å². The summed E-state index contributed by atoms with van der Waals surface area (Å²) in [7, 11) is 0. The van der Waals surface area contributed by atoms with Crippen molar-refractivity contribution in [2.45, 2.75) is 77.6 Å². The summed E-state index contributed by atoms with van der Waals surface area (Å²) < 4.78 is 0. The number of amides is 1. The Hall–Kier alpha value is -0.570. The summed E-state index contributed by atoms with van der Waals surface area (Å²) in [5.41, 5.74) is 5.07. The van der Waals surface area contributed by atoms with E-state index in [1.54, 1.807) is 0 Å². The number of nitrogens with one attached hydrogen (secondary N) is 1. The fourth-order valence-corrected chi connectivity index (χ4v) is 2.06. The van der Waals surface area contributed by atoms with Crippen LogP contribution in [0.15, 0.2) is 0 Å². The van der Waals surface area contributed by atoms with Crippen molar-refractivity contribution in [2.24, 2.45) is 5.73 Å². The van der Waals surface area contributed by atoms with Crippen LogP contribution in [0.3, 0.4) is 0 Å². The molecule has 0 aromatic rings. The lowest BCUT2D eigenvalue weighted by atomic mass is 10.1. The van der Waals surface area contributed by atoms with Gasteiger partial charge in [-0.3, -0.25) is 4.79 Å². The number of nitrogens with two attached hydrogens (primary N) is 1. The molecule has 0 aliphatic heterocycles. The molecule has 0 atom stereocenters. The van der Waals surface area contributed by atoms with Gasteiger partial charge in [-0.1, -0.05) is 51.9 Å². The van der Waals surface area contributed by atoms with Gasteiger partial charge in [0.1, 0.15) is 0 Å². The van der Waals surface area contributed by atoms with Gasteiger partial charge in [0, 0.05) is 6.42 Å². The lowest BCUT2D eigenvalue weighted by Gasteiger charge is -2.04. The van der Waals surface area contributed by atoms with Gasteiger partial charge in [0.15, 0.2) is 0 Å². The van der Waals surface area contributed by atoms with E-state index in [-0.39, 0.29) is 5.91 Å². The number of unbranched alkanes of at least 4 members (excludes halogenated alkanes) is 8. The van der Waals surface area contributed by atoms with Crippen LogP contribution in [0.5, 0.6) is 0 Å². The van der Waals surface area contributed by atoms with E-state index in [9.17, 15) is 4.79 Å². The van der Waals surface area contributed by atoms with Gasteiger partial charge in [0.05, 0.1) is 0 Å². The third kappa shape index (κ3) is 15.4. The molecule has 0 heterocycles. The molecule has 0 aliphatic rings. The van der Waals surface area contributed by atoms with Crippen molar-refractivity contribution < 1.29 is 4.79 Å². The first-order valence-corrected chi connectivity index (χ1v) is 7.76. The highest BCUT2D eigenvalue weighted by Crippen LogP contribution is 2.07. The van der Waals surface area contributed by atoms with Gasteiger partial charge in [-0.05, 0) is 32.4 Å². The monoisotopic (exact) mass is 256 g/mol. The van der Waals surface area contributed by atoms with Crippen molar-refractivity contribution in [3.63, 3.8) is 0 Å². The number of carbonyl (C=O) groups is 1. The molecule has 18 heavy (non-hydrogen) atoms. The molecule has 0 aromatic carbocycles. The molecule has 0 spiro atoms. The molecule has 0 bridgehead atoms. The van der Waals surface area contributed by atoms with Crippen LogP contribution in [0.4, 0.5) is 0 Å². The molecule has 108 valence electrons. The Balaban J connectivity index is 2.92. The van der Waals surface area contributed by atoms with Crippen molar-refractivity contribution in [1.29, 1.82) is 0 Å². The largest absolute Gasteiger partial charge is 0.370 e. The molecule has 1 amide bonds. The first-order chi connectivity index (χ1) is 8.77. The van der Waals surface area contributed by atoms with E-state index in [4.69, 9.17) is 5.73 Å². The highest BCUT2D eigenvalue weighted by atomic mass is 16.1. The molecular formula is C15H32N2O. The van der Waals surface area contributed by atoms with Crippen LogP contribution < -0.4 is 11.1 Å². The van der Waals surface area contributed by atoms with Crippen LogP contribution in [0, 0.1) is 0 Å². The number of primary amides is 1. The highest BCUT2D eigenvalue weighted by Gasteiger charge is 1.94. The second-order valence-electron chi connectivity index (χ2n) is 5.15. The zero-order valence-electron chi connectivity index (χ0n) is 12.2. The van der Waals surface area contributed by atoms with Gasteiger partial charge >= 0.3 is 0 Å².